The number of anilines is 1. The number of nitrogens with one attached hydrogen (secondary N) is 1. The van der Waals surface area contributed by atoms with E-state index in [1.807, 2.05) is 0 Å². The van der Waals surface area contributed by atoms with Gasteiger partial charge in [-0.15, -0.1) is 4.91 Å². The molecule has 5 nitrogen and oxygen atoms in total. The lowest BCUT2D eigenvalue weighted by Crippen LogP contribution is -2.31. The molecule has 80 valence electrons. The fourth-order valence-corrected chi connectivity index (χ4v) is 0.969. The largest absolute Gasteiger partial charge is 0.344 e. The van der Waals surface area contributed by atoms with Crippen LogP contribution in [0.5, 0.6) is 0 Å². The summed E-state index contributed by atoms with van der Waals surface area (Å²) in [5.74, 6) is 0. The van der Waals surface area contributed by atoms with Gasteiger partial charge in [0.25, 0.3) is 0 Å². The van der Waals surface area contributed by atoms with Gasteiger partial charge in [-0.2, -0.15) is 5.01 Å². The molecule has 1 aromatic carbocycles. The molecule has 15 heavy (non-hydrogen) atoms. The molecule has 0 spiro atoms. The van der Waals surface area contributed by atoms with Crippen LogP contribution in [0.2, 0.25) is 0 Å². The number of amides is 2. The summed E-state index contributed by atoms with van der Waals surface area (Å²) in [7, 11) is 0. The zero-order valence-electron chi connectivity index (χ0n) is 7.89. The average molecular weight is 211 g/mol. The number of rotatable bonds is 4. The summed E-state index contributed by atoms with van der Waals surface area (Å²) < 4.78 is 11.9. The summed E-state index contributed by atoms with van der Waals surface area (Å²) in [5, 5.41) is 5.30. The van der Waals surface area contributed by atoms with Crippen LogP contribution >= 0.6 is 0 Å². The molecule has 2 amide bonds. The van der Waals surface area contributed by atoms with Crippen LogP contribution in [-0.2, 0) is 0 Å². The number of para-hydroxylation sites is 1. The molecule has 1 aromatic rings. The highest BCUT2D eigenvalue weighted by molar-refractivity contribution is 5.88. The van der Waals surface area contributed by atoms with Crippen molar-refractivity contribution in [3.05, 3.63) is 35.2 Å². The Labute approximate surface area is 85.8 Å². The van der Waals surface area contributed by atoms with Gasteiger partial charge in [-0.1, -0.05) is 18.2 Å². The van der Waals surface area contributed by atoms with Crippen LogP contribution in [-0.4, -0.2) is 24.3 Å². The van der Waals surface area contributed by atoms with Gasteiger partial charge < -0.3 is 5.32 Å². The fraction of sp³-hybridized carbons (Fsp3) is 0.222. The first-order valence-electron chi connectivity index (χ1n) is 4.30. The number of urea groups is 1. The lowest BCUT2D eigenvalue weighted by atomic mass is 10.3. The van der Waals surface area contributed by atoms with E-state index >= 15 is 0 Å². The Morgan fingerprint density at radius 1 is 1.40 bits per heavy atom. The van der Waals surface area contributed by atoms with Crippen LogP contribution in [0.25, 0.3) is 0 Å². The van der Waals surface area contributed by atoms with Crippen molar-refractivity contribution in [2.75, 3.05) is 18.5 Å². The number of halogens is 1. The van der Waals surface area contributed by atoms with Crippen molar-refractivity contribution < 1.29 is 9.18 Å². The molecule has 0 saturated carbocycles. The van der Waals surface area contributed by atoms with E-state index in [-0.39, 0.29) is 6.54 Å². The van der Waals surface area contributed by atoms with Crippen LogP contribution < -0.4 is 5.32 Å². The van der Waals surface area contributed by atoms with E-state index in [0.29, 0.717) is 10.7 Å². The van der Waals surface area contributed by atoms with Crippen molar-refractivity contribution >= 4 is 11.7 Å². The van der Waals surface area contributed by atoms with E-state index in [9.17, 15) is 14.1 Å². The molecular formula is C9H10FN3O2. The van der Waals surface area contributed by atoms with Gasteiger partial charge in [0.05, 0.1) is 11.8 Å². The monoisotopic (exact) mass is 211 g/mol. The lowest BCUT2D eigenvalue weighted by Gasteiger charge is -2.12. The second-order valence-electron chi connectivity index (χ2n) is 2.69. The molecule has 0 heterocycles. The zero-order chi connectivity index (χ0) is 11.1. The number of carbonyl (C=O) groups is 1. The Hall–Kier alpha value is -1.98. The lowest BCUT2D eigenvalue weighted by molar-refractivity contribution is 0.208. The molecule has 0 bridgehead atoms. The van der Waals surface area contributed by atoms with Gasteiger partial charge in [0.15, 0.2) is 0 Å². The van der Waals surface area contributed by atoms with Crippen LogP contribution in [0.4, 0.5) is 14.9 Å². The summed E-state index contributed by atoms with van der Waals surface area (Å²) >= 11 is 0. The molecule has 0 aliphatic carbocycles. The Bertz CT molecular complexity index is 331. The minimum absolute atomic E-state index is 0.345. The summed E-state index contributed by atoms with van der Waals surface area (Å²) in [5.41, 5.74) is 0.523. The third kappa shape index (κ3) is 3.34. The van der Waals surface area contributed by atoms with E-state index in [1.54, 1.807) is 30.3 Å². The average Bonchev–Trinajstić information content (AvgIpc) is 2.27. The Balaban J connectivity index is 2.58. The topological polar surface area (TPSA) is 61.8 Å². The van der Waals surface area contributed by atoms with Gasteiger partial charge in [-0.05, 0) is 12.1 Å². The van der Waals surface area contributed by atoms with Crippen LogP contribution in [0.15, 0.2) is 35.6 Å². The van der Waals surface area contributed by atoms with Crippen LogP contribution in [0.1, 0.15) is 0 Å². The predicted molar refractivity (Wildman–Crippen MR) is 53.9 cm³/mol. The molecular weight excluding hydrogens is 201 g/mol. The zero-order valence-corrected chi connectivity index (χ0v) is 7.89. The first-order chi connectivity index (χ1) is 7.27. The standard InChI is InChI=1S/C9H10FN3O2/c10-6-7-13(12-15)9(14)11-8-4-2-1-3-5-8/h1-5H,6-7H2,(H,11,14). The SMILES string of the molecule is O=NN(CCF)C(=O)Nc1ccccc1. The van der Waals surface area contributed by atoms with Crippen molar-refractivity contribution in [3.8, 4) is 0 Å². The van der Waals surface area contributed by atoms with Crippen molar-refractivity contribution in [1.82, 2.24) is 5.01 Å². The van der Waals surface area contributed by atoms with Crippen molar-refractivity contribution in [2.24, 2.45) is 5.29 Å². The minimum Gasteiger partial charge on any atom is -0.306 e. The number of benzene rings is 1. The number of carbonyl (C=O) groups excluding carboxylic acids is 1. The first-order valence-corrected chi connectivity index (χ1v) is 4.30. The van der Waals surface area contributed by atoms with E-state index in [4.69, 9.17) is 0 Å². The third-order valence-corrected chi connectivity index (χ3v) is 1.65. The molecule has 0 saturated heterocycles. The van der Waals surface area contributed by atoms with Gasteiger partial charge in [-0.3, -0.25) is 0 Å². The maximum atomic E-state index is 11.9. The molecule has 1 rings (SSSR count). The predicted octanol–water partition coefficient (Wildman–Crippen LogP) is 2.17. The number of hydrogen-bond acceptors (Lipinski definition) is 3. The van der Waals surface area contributed by atoms with E-state index in [0.717, 1.165) is 0 Å². The highest BCUT2D eigenvalue weighted by Crippen LogP contribution is 2.06. The minimum atomic E-state index is -0.812. The van der Waals surface area contributed by atoms with E-state index in [2.05, 4.69) is 10.6 Å². The molecule has 0 aliphatic rings. The molecule has 0 aliphatic heterocycles. The van der Waals surface area contributed by atoms with Crippen molar-refractivity contribution in [1.29, 1.82) is 0 Å². The molecule has 0 unspecified atom stereocenters. The number of nitroso groups, excluding NO2 is 1. The number of alkyl halides is 1. The molecule has 0 aromatic heterocycles. The highest BCUT2D eigenvalue weighted by Gasteiger charge is 2.13. The van der Waals surface area contributed by atoms with Gasteiger partial charge >= 0.3 is 6.03 Å². The molecule has 0 radical (unpaired) electrons. The maximum absolute atomic E-state index is 11.9. The van der Waals surface area contributed by atoms with E-state index < -0.39 is 12.7 Å². The van der Waals surface area contributed by atoms with Gasteiger partial charge in [0.1, 0.15) is 6.67 Å². The normalized spacial score (nSPS) is 9.40. The number of nitrogens with zero attached hydrogens (tertiary/aromatic N) is 2. The van der Waals surface area contributed by atoms with E-state index in [1.165, 1.54) is 0 Å². The Morgan fingerprint density at radius 2 is 2.07 bits per heavy atom. The third-order valence-electron chi connectivity index (χ3n) is 1.65. The summed E-state index contributed by atoms with van der Waals surface area (Å²) in [4.78, 5) is 21.5. The van der Waals surface area contributed by atoms with Crippen molar-refractivity contribution in [2.45, 2.75) is 0 Å². The summed E-state index contributed by atoms with van der Waals surface area (Å²) in [6, 6.07) is 7.79. The van der Waals surface area contributed by atoms with Crippen LogP contribution in [0.3, 0.4) is 0 Å². The summed E-state index contributed by atoms with van der Waals surface area (Å²) in [6.07, 6.45) is 0. The second kappa shape index (κ2) is 5.69. The summed E-state index contributed by atoms with van der Waals surface area (Å²) in [6.45, 7) is -1.16. The van der Waals surface area contributed by atoms with Crippen molar-refractivity contribution in [3.63, 3.8) is 0 Å². The van der Waals surface area contributed by atoms with Gasteiger partial charge in [0, 0.05) is 5.69 Å². The highest BCUT2D eigenvalue weighted by atomic mass is 19.1. The smallest absolute Gasteiger partial charge is 0.306 e. The van der Waals surface area contributed by atoms with Gasteiger partial charge in [-0.25, -0.2) is 9.18 Å². The van der Waals surface area contributed by atoms with Crippen LogP contribution in [0, 0.1) is 4.91 Å². The molecule has 0 atom stereocenters. The quantitative estimate of drug-likeness (QED) is 0.612. The number of hydrogen-bond donors (Lipinski definition) is 1. The van der Waals surface area contributed by atoms with Gasteiger partial charge in [0.2, 0.25) is 0 Å². The fourth-order valence-electron chi connectivity index (χ4n) is 0.969. The second-order valence-corrected chi connectivity index (χ2v) is 2.69. The molecule has 1 N–H and O–H groups in total. The maximum Gasteiger partial charge on any atom is 0.344 e. The molecule has 6 heteroatoms. The Morgan fingerprint density at radius 3 is 2.60 bits per heavy atom. The Kier molecular flexibility index (Phi) is 4.21. The first kappa shape index (κ1) is 11.1. The molecule has 0 fully saturated rings.